The molecule has 1 fully saturated rings. The van der Waals surface area contributed by atoms with E-state index in [-0.39, 0.29) is 0 Å². The van der Waals surface area contributed by atoms with Crippen LogP contribution >= 0.6 is 11.6 Å². The first-order valence-electron chi connectivity index (χ1n) is 11.0. The van der Waals surface area contributed by atoms with E-state index in [1.165, 1.54) is 5.52 Å². The average Bonchev–Trinajstić information content (AvgIpc) is 3.35. The van der Waals surface area contributed by atoms with Gasteiger partial charge >= 0.3 is 0 Å². The maximum atomic E-state index is 6.31. The van der Waals surface area contributed by atoms with Crippen molar-refractivity contribution in [3.05, 3.63) is 53.4 Å². The van der Waals surface area contributed by atoms with Crippen LogP contribution in [-0.4, -0.2) is 52.7 Å². The minimum atomic E-state index is 0.315. The third kappa shape index (κ3) is 5.10. The summed E-state index contributed by atoms with van der Waals surface area (Å²) in [6, 6.07) is 12.4. The number of imidazole rings is 1. The van der Waals surface area contributed by atoms with E-state index in [0.717, 1.165) is 68.7 Å². The number of nitrogens with zero attached hydrogens (tertiary/aromatic N) is 5. The molecule has 1 aliphatic heterocycles. The Kier molecular flexibility index (Phi) is 6.92. The van der Waals surface area contributed by atoms with Gasteiger partial charge in [0.25, 0.3) is 0 Å². The maximum absolute atomic E-state index is 6.31. The molecule has 1 atom stereocenters. The van der Waals surface area contributed by atoms with Crippen molar-refractivity contribution in [3.63, 3.8) is 0 Å². The SMILES string of the molecule is CCNC(=NCCCn1c(C)nc2ccccc21)NC1CCN(c2ncccc2Cl)C1. The van der Waals surface area contributed by atoms with Crippen molar-refractivity contribution < 1.29 is 0 Å². The lowest BCUT2D eigenvalue weighted by molar-refractivity contribution is 0.630. The molecule has 1 saturated heterocycles. The van der Waals surface area contributed by atoms with Crippen molar-refractivity contribution in [2.75, 3.05) is 31.1 Å². The van der Waals surface area contributed by atoms with Gasteiger partial charge in [-0.15, -0.1) is 0 Å². The number of fused-ring (bicyclic) bond motifs is 1. The van der Waals surface area contributed by atoms with Crippen molar-refractivity contribution in [1.29, 1.82) is 0 Å². The lowest BCUT2D eigenvalue weighted by Gasteiger charge is -2.20. The van der Waals surface area contributed by atoms with Gasteiger partial charge in [0.05, 0.1) is 16.1 Å². The minimum absolute atomic E-state index is 0.315. The zero-order chi connectivity index (χ0) is 21.6. The molecule has 2 aromatic heterocycles. The van der Waals surface area contributed by atoms with Crippen molar-refractivity contribution in [3.8, 4) is 0 Å². The summed E-state index contributed by atoms with van der Waals surface area (Å²) >= 11 is 6.31. The number of rotatable bonds is 7. The molecular weight excluding hydrogens is 410 g/mol. The highest BCUT2D eigenvalue weighted by Gasteiger charge is 2.25. The van der Waals surface area contributed by atoms with Crippen molar-refractivity contribution in [2.24, 2.45) is 4.99 Å². The van der Waals surface area contributed by atoms with Gasteiger partial charge in [-0.1, -0.05) is 23.7 Å². The number of aromatic nitrogens is 3. The standard InChI is InChI=1S/C23H30ClN7/c1-3-25-23(29-18-11-15-30(16-18)22-19(24)8-6-12-26-22)27-13-7-14-31-17(2)28-20-9-4-5-10-21(20)31/h4-6,8-10,12,18H,3,7,11,13-16H2,1-2H3,(H2,25,27,29). The molecule has 0 amide bonds. The molecule has 0 radical (unpaired) electrons. The molecule has 31 heavy (non-hydrogen) atoms. The van der Waals surface area contributed by atoms with Crippen LogP contribution in [0.15, 0.2) is 47.6 Å². The Morgan fingerprint density at radius 2 is 2.13 bits per heavy atom. The van der Waals surface area contributed by atoms with Gasteiger partial charge in [-0.2, -0.15) is 0 Å². The maximum Gasteiger partial charge on any atom is 0.191 e. The largest absolute Gasteiger partial charge is 0.357 e. The van der Waals surface area contributed by atoms with Gasteiger partial charge in [0, 0.05) is 45.0 Å². The van der Waals surface area contributed by atoms with Crippen LogP contribution in [-0.2, 0) is 6.54 Å². The Morgan fingerprint density at radius 1 is 1.26 bits per heavy atom. The number of hydrogen-bond donors (Lipinski definition) is 2. The summed E-state index contributed by atoms with van der Waals surface area (Å²) in [5.74, 6) is 2.78. The third-order valence-corrected chi connectivity index (χ3v) is 5.86. The second-order valence-electron chi connectivity index (χ2n) is 7.80. The molecular formula is C23H30ClN7. The first-order chi connectivity index (χ1) is 15.2. The molecule has 0 bridgehead atoms. The lowest BCUT2D eigenvalue weighted by atomic mass is 10.3. The molecule has 8 heteroatoms. The predicted octanol–water partition coefficient (Wildman–Crippen LogP) is 3.62. The number of guanidine groups is 1. The average molecular weight is 440 g/mol. The van der Waals surface area contributed by atoms with Crippen LogP contribution in [0.3, 0.4) is 0 Å². The first kappa shape index (κ1) is 21.4. The molecule has 164 valence electrons. The van der Waals surface area contributed by atoms with E-state index in [9.17, 15) is 0 Å². The Bertz CT molecular complexity index is 1050. The van der Waals surface area contributed by atoms with Gasteiger partial charge < -0.3 is 20.1 Å². The smallest absolute Gasteiger partial charge is 0.191 e. The topological polar surface area (TPSA) is 70.4 Å². The summed E-state index contributed by atoms with van der Waals surface area (Å²) in [7, 11) is 0. The Hall–Kier alpha value is -2.80. The summed E-state index contributed by atoms with van der Waals surface area (Å²) in [6.45, 7) is 8.44. The van der Waals surface area contributed by atoms with Gasteiger partial charge in [0.2, 0.25) is 0 Å². The third-order valence-electron chi connectivity index (χ3n) is 5.57. The number of aliphatic imine (C=N–C) groups is 1. The predicted molar refractivity (Wildman–Crippen MR) is 128 cm³/mol. The Labute approximate surface area is 188 Å². The van der Waals surface area contributed by atoms with E-state index in [4.69, 9.17) is 16.6 Å². The summed E-state index contributed by atoms with van der Waals surface area (Å²) in [4.78, 5) is 16.1. The summed E-state index contributed by atoms with van der Waals surface area (Å²) in [5.41, 5.74) is 2.24. The molecule has 2 N–H and O–H groups in total. The van der Waals surface area contributed by atoms with Gasteiger partial charge in [0.1, 0.15) is 11.6 Å². The molecule has 4 rings (SSSR count). The summed E-state index contributed by atoms with van der Waals surface area (Å²) < 4.78 is 2.27. The number of para-hydroxylation sites is 2. The van der Waals surface area contributed by atoms with E-state index >= 15 is 0 Å². The molecule has 7 nitrogen and oxygen atoms in total. The number of aryl methyl sites for hydroxylation is 2. The second-order valence-corrected chi connectivity index (χ2v) is 8.21. The number of hydrogen-bond acceptors (Lipinski definition) is 4. The molecule has 0 spiro atoms. The van der Waals surface area contributed by atoms with Crippen LogP contribution in [0, 0.1) is 6.92 Å². The molecule has 3 heterocycles. The Morgan fingerprint density at radius 3 is 2.97 bits per heavy atom. The van der Waals surface area contributed by atoms with Crippen molar-refractivity contribution >= 4 is 34.4 Å². The van der Waals surface area contributed by atoms with Crippen LogP contribution in [0.2, 0.25) is 5.02 Å². The van der Waals surface area contributed by atoms with Crippen LogP contribution in [0.4, 0.5) is 5.82 Å². The fraction of sp³-hybridized carbons (Fsp3) is 0.435. The van der Waals surface area contributed by atoms with Gasteiger partial charge in [-0.3, -0.25) is 4.99 Å². The zero-order valence-electron chi connectivity index (χ0n) is 18.2. The quantitative estimate of drug-likeness (QED) is 0.334. The van der Waals surface area contributed by atoms with E-state index in [0.29, 0.717) is 11.1 Å². The molecule has 1 aromatic carbocycles. The highest BCUT2D eigenvalue weighted by molar-refractivity contribution is 6.32. The lowest BCUT2D eigenvalue weighted by Crippen LogP contribution is -2.44. The minimum Gasteiger partial charge on any atom is -0.357 e. The number of nitrogens with one attached hydrogen (secondary N) is 2. The zero-order valence-corrected chi connectivity index (χ0v) is 18.9. The van der Waals surface area contributed by atoms with Crippen molar-refractivity contribution in [1.82, 2.24) is 25.2 Å². The van der Waals surface area contributed by atoms with E-state index in [1.807, 2.05) is 18.2 Å². The molecule has 3 aromatic rings. The van der Waals surface area contributed by atoms with Crippen molar-refractivity contribution in [2.45, 2.75) is 39.3 Å². The molecule has 0 saturated carbocycles. The summed E-state index contributed by atoms with van der Waals surface area (Å²) in [5, 5.41) is 7.65. The van der Waals surface area contributed by atoms with E-state index in [2.05, 4.69) is 62.1 Å². The van der Waals surface area contributed by atoms with Crippen LogP contribution in [0.25, 0.3) is 11.0 Å². The van der Waals surface area contributed by atoms with E-state index in [1.54, 1.807) is 6.20 Å². The fourth-order valence-electron chi connectivity index (χ4n) is 4.09. The number of pyridine rings is 1. The Balaban J connectivity index is 1.32. The van der Waals surface area contributed by atoms with Crippen LogP contribution in [0.5, 0.6) is 0 Å². The van der Waals surface area contributed by atoms with Gasteiger partial charge in [-0.25, -0.2) is 9.97 Å². The molecule has 1 unspecified atom stereocenters. The van der Waals surface area contributed by atoms with Crippen LogP contribution in [0.1, 0.15) is 25.6 Å². The van der Waals surface area contributed by atoms with Gasteiger partial charge in [0.15, 0.2) is 5.96 Å². The monoisotopic (exact) mass is 439 g/mol. The fourth-order valence-corrected chi connectivity index (χ4v) is 4.33. The second kappa shape index (κ2) is 10.0. The normalized spacial score (nSPS) is 16.8. The number of halogens is 1. The first-order valence-corrected chi connectivity index (χ1v) is 11.4. The highest BCUT2D eigenvalue weighted by atomic mass is 35.5. The molecule has 0 aliphatic carbocycles. The number of benzene rings is 1. The van der Waals surface area contributed by atoms with E-state index < -0.39 is 0 Å². The molecule has 1 aliphatic rings. The van der Waals surface area contributed by atoms with Crippen LogP contribution < -0.4 is 15.5 Å². The number of anilines is 1. The summed E-state index contributed by atoms with van der Waals surface area (Å²) in [6.07, 6.45) is 3.77. The van der Waals surface area contributed by atoms with Gasteiger partial charge in [-0.05, 0) is 51.0 Å². The highest BCUT2D eigenvalue weighted by Crippen LogP contribution is 2.25.